The predicted molar refractivity (Wildman–Crippen MR) is 127 cm³/mol. The zero-order valence-corrected chi connectivity index (χ0v) is 19.5. The number of furan rings is 1. The fraction of sp³-hybridized carbons (Fsp3) is 0.346. The van der Waals surface area contributed by atoms with Gasteiger partial charge in [0.1, 0.15) is 5.76 Å². The number of hydrogen-bond donors (Lipinski definition) is 1. The molecule has 0 unspecified atom stereocenters. The summed E-state index contributed by atoms with van der Waals surface area (Å²) in [6.07, 6.45) is 1.59. The van der Waals surface area contributed by atoms with Gasteiger partial charge in [-0.15, -0.1) is 6.58 Å². The minimum Gasteiger partial charge on any atom is -0.503 e. The van der Waals surface area contributed by atoms with E-state index in [1.807, 2.05) is 0 Å². The molecule has 0 bridgehead atoms. The van der Waals surface area contributed by atoms with Crippen LogP contribution in [0.25, 0.3) is 0 Å². The summed E-state index contributed by atoms with van der Waals surface area (Å²) in [5, 5.41) is 11.1. The summed E-state index contributed by atoms with van der Waals surface area (Å²) in [7, 11) is 0. The van der Waals surface area contributed by atoms with Gasteiger partial charge in [-0.05, 0) is 25.1 Å². The van der Waals surface area contributed by atoms with Gasteiger partial charge in [0.25, 0.3) is 11.8 Å². The van der Waals surface area contributed by atoms with Crippen molar-refractivity contribution in [1.82, 2.24) is 9.80 Å². The first kappa shape index (κ1) is 23.1. The third-order valence-electron chi connectivity index (χ3n) is 6.84. The summed E-state index contributed by atoms with van der Waals surface area (Å²) in [4.78, 5) is 46.4. The van der Waals surface area contributed by atoms with Crippen LogP contribution < -0.4 is 4.90 Å². The van der Waals surface area contributed by atoms with Gasteiger partial charge in [-0.1, -0.05) is 24.3 Å². The second-order valence-corrected chi connectivity index (χ2v) is 8.81. The molecule has 4 heterocycles. The van der Waals surface area contributed by atoms with Gasteiger partial charge in [-0.25, -0.2) is 0 Å². The van der Waals surface area contributed by atoms with Crippen LogP contribution in [0.5, 0.6) is 0 Å². The number of amides is 2. The van der Waals surface area contributed by atoms with Crippen molar-refractivity contribution < 1.29 is 28.6 Å². The largest absolute Gasteiger partial charge is 0.503 e. The third kappa shape index (κ3) is 3.42. The smallest absolute Gasteiger partial charge is 0.290 e. The molecule has 9 nitrogen and oxygen atoms in total. The zero-order valence-electron chi connectivity index (χ0n) is 19.5. The highest BCUT2D eigenvalue weighted by molar-refractivity contribution is 6.25. The van der Waals surface area contributed by atoms with Crippen molar-refractivity contribution in [3.63, 3.8) is 0 Å². The average Bonchev–Trinajstić information content (AvgIpc) is 3.48. The zero-order chi connectivity index (χ0) is 24.7. The van der Waals surface area contributed by atoms with E-state index in [-0.39, 0.29) is 24.4 Å². The average molecular weight is 478 g/mol. The Morgan fingerprint density at radius 2 is 1.89 bits per heavy atom. The standard InChI is InChI=1S/C26H27N3O6/c1-3-10-28-19-7-5-4-6-18(19)26(25(28)33)21(22(30)20-9-8-17(2)35-20)23(31)24(32)29(26)12-11-27-13-15-34-16-14-27/h3-9,31H,1,10-16H2,2H3/t26-/m1/s1. The van der Waals surface area contributed by atoms with Gasteiger partial charge in [0, 0.05) is 38.3 Å². The molecule has 2 amide bonds. The molecule has 1 spiro atoms. The number of carbonyl (C=O) groups excluding carboxylic acids is 3. The van der Waals surface area contributed by atoms with Crippen molar-refractivity contribution in [2.45, 2.75) is 12.5 Å². The number of para-hydroxylation sites is 1. The van der Waals surface area contributed by atoms with Crippen LogP contribution in [0, 0.1) is 6.92 Å². The van der Waals surface area contributed by atoms with E-state index >= 15 is 0 Å². The molecule has 5 rings (SSSR count). The van der Waals surface area contributed by atoms with Crippen LogP contribution in [-0.4, -0.2) is 78.4 Å². The molecule has 1 aromatic carbocycles. The number of ether oxygens (including phenoxy) is 1. The topological polar surface area (TPSA) is 104 Å². The lowest BCUT2D eigenvalue weighted by molar-refractivity contribution is -0.140. The number of rotatable bonds is 7. The molecule has 1 aromatic heterocycles. The van der Waals surface area contributed by atoms with Crippen molar-refractivity contribution in [3.8, 4) is 0 Å². The van der Waals surface area contributed by atoms with Crippen molar-refractivity contribution in [3.05, 3.63) is 77.5 Å². The maximum atomic E-state index is 14.2. The molecule has 182 valence electrons. The van der Waals surface area contributed by atoms with Gasteiger partial charge < -0.3 is 24.1 Å². The molecule has 1 fully saturated rings. The van der Waals surface area contributed by atoms with Gasteiger partial charge in [-0.3, -0.25) is 19.3 Å². The lowest BCUT2D eigenvalue weighted by Crippen LogP contribution is -2.56. The molecule has 9 heteroatoms. The Balaban J connectivity index is 1.66. The SMILES string of the molecule is C=CCN1C(=O)[C@]2(C(C(=O)c3ccc(C)o3)=C(O)C(=O)N2CCN2CCOCC2)c2ccccc21. The minimum absolute atomic E-state index is 0.0429. The number of nitrogens with zero attached hydrogens (tertiary/aromatic N) is 3. The van der Waals surface area contributed by atoms with E-state index in [2.05, 4.69) is 11.5 Å². The summed E-state index contributed by atoms with van der Waals surface area (Å²) < 4.78 is 11.0. The monoisotopic (exact) mass is 477 g/mol. The lowest BCUT2D eigenvalue weighted by Gasteiger charge is -2.37. The number of morpholine rings is 1. The Labute approximate surface area is 202 Å². The van der Waals surface area contributed by atoms with Crippen molar-refractivity contribution in [2.75, 3.05) is 50.8 Å². The number of hydrogen-bond acceptors (Lipinski definition) is 7. The summed E-state index contributed by atoms with van der Waals surface area (Å²) >= 11 is 0. The fourth-order valence-electron chi connectivity index (χ4n) is 5.23. The highest BCUT2D eigenvalue weighted by atomic mass is 16.5. The van der Waals surface area contributed by atoms with Crippen LogP contribution in [0.15, 0.2) is 64.8 Å². The number of ketones is 1. The first-order valence-electron chi connectivity index (χ1n) is 11.6. The van der Waals surface area contributed by atoms with Crippen LogP contribution in [0.3, 0.4) is 0 Å². The number of aryl methyl sites for hydroxylation is 1. The lowest BCUT2D eigenvalue weighted by atomic mass is 9.81. The van der Waals surface area contributed by atoms with E-state index in [1.54, 1.807) is 43.3 Å². The molecule has 3 aliphatic heterocycles. The van der Waals surface area contributed by atoms with Crippen molar-refractivity contribution >= 4 is 23.3 Å². The Kier molecular flexibility index (Phi) is 5.82. The van der Waals surface area contributed by atoms with Crippen LogP contribution in [0.1, 0.15) is 21.9 Å². The van der Waals surface area contributed by atoms with E-state index in [9.17, 15) is 19.5 Å². The molecule has 1 N–H and O–H groups in total. The van der Waals surface area contributed by atoms with E-state index in [1.165, 1.54) is 15.9 Å². The number of fused-ring (bicyclic) bond motifs is 2. The predicted octanol–water partition coefficient (Wildman–Crippen LogP) is 2.19. The highest BCUT2D eigenvalue weighted by Gasteiger charge is 2.65. The van der Waals surface area contributed by atoms with Gasteiger partial charge in [-0.2, -0.15) is 0 Å². The number of benzene rings is 1. The molecule has 0 radical (unpaired) electrons. The maximum absolute atomic E-state index is 14.2. The summed E-state index contributed by atoms with van der Waals surface area (Å²) in [6, 6.07) is 10.1. The van der Waals surface area contributed by atoms with Crippen LogP contribution in [0.4, 0.5) is 5.69 Å². The molecular formula is C26H27N3O6. The maximum Gasteiger partial charge on any atom is 0.290 e. The van der Waals surface area contributed by atoms with Crippen LogP contribution in [-0.2, 0) is 19.9 Å². The van der Waals surface area contributed by atoms with E-state index in [0.29, 0.717) is 49.9 Å². The first-order chi connectivity index (χ1) is 16.9. The molecule has 1 saturated heterocycles. The van der Waals surface area contributed by atoms with Gasteiger partial charge in [0.2, 0.25) is 5.78 Å². The number of aliphatic hydroxyl groups is 1. The molecule has 1 atom stereocenters. The first-order valence-corrected chi connectivity index (χ1v) is 11.6. The van der Waals surface area contributed by atoms with E-state index < -0.39 is 28.9 Å². The number of carbonyl (C=O) groups is 3. The van der Waals surface area contributed by atoms with Crippen molar-refractivity contribution in [1.29, 1.82) is 0 Å². The van der Waals surface area contributed by atoms with E-state index in [0.717, 1.165) is 0 Å². The molecule has 0 aliphatic carbocycles. The third-order valence-corrected chi connectivity index (χ3v) is 6.84. The van der Waals surface area contributed by atoms with Crippen LogP contribution >= 0.6 is 0 Å². The fourth-order valence-corrected chi connectivity index (χ4v) is 5.23. The van der Waals surface area contributed by atoms with E-state index in [4.69, 9.17) is 9.15 Å². The highest BCUT2D eigenvalue weighted by Crippen LogP contribution is 2.53. The Bertz CT molecular complexity index is 1240. The molecule has 2 aromatic rings. The molecule has 3 aliphatic rings. The molecular weight excluding hydrogens is 450 g/mol. The second kappa shape index (κ2) is 8.83. The summed E-state index contributed by atoms with van der Waals surface area (Å²) in [5.41, 5.74) is -1.04. The Morgan fingerprint density at radius 3 is 2.57 bits per heavy atom. The normalized spacial score (nSPS) is 22.4. The van der Waals surface area contributed by atoms with Gasteiger partial charge in [0.15, 0.2) is 17.1 Å². The van der Waals surface area contributed by atoms with Gasteiger partial charge >= 0.3 is 0 Å². The summed E-state index contributed by atoms with van der Waals surface area (Å²) in [6.45, 7) is 8.79. The second-order valence-electron chi connectivity index (χ2n) is 8.81. The Morgan fingerprint density at radius 1 is 1.14 bits per heavy atom. The minimum atomic E-state index is -1.80. The quantitative estimate of drug-likeness (QED) is 0.482. The number of anilines is 1. The number of aliphatic hydroxyl groups excluding tert-OH is 1. The van der Waals surface area contributed by atoms with Crippen LogP contribution in [0.2, 0.25) is 0 Å². The molecule has 35 heavy (non-hydrogen) atoms. The molecule has 0 saturated carbocycles. The van der Waals surface area contributed by atoms with Crippen molar-refractivity contribution in [2.24, 2.45) is 0 Å². The number of Topliss-reactive ketones (excluding diaryl/α,β-unsaturated/α-hetero) is 1. The Hall–Kier alpha value is -3.69. The van der Waals surface area contributed by atoms with Gasteiger partial charge in [0.05, 0.1) is 24.5 Å². The summed E-state index contributed by atoms with van der Waals surface area (Å²) in [5.74, 6) is -2.20.